The third kappa shape index (κ3) is 5.19. The van der Waals surface area contributed by atoms with Crippen LogP contribution in [0, 0.1) is 0 Å². The maximum absolute atomic E-state index is 12.6. The molecular formula is C12H26N3O6P. The summed E-state index contributed by atoms with van der Waals surface area (Å²) in [6.45, 7) is 2.35. The van der Waals surface area contributed by atoms with Gasteiger partial charge in [0.25, 0.3) is 0 Å². The molecule has 0 aromatic heterocycles. The van der Waals surface area contributed by atoms with E-state index in [1.54, 1.807) is 28.3 Å². The molecule has 22 heavy (non-hydrogen) atoms. The van der Waals surface area contributed by atoms with E-state index in [1.165, 1.54) is 7.11 Å². The fraction of sp³-hybridized carbons (Fsp3) is 0.917. The molecule has 1 aliphatic heterocycles. The standard InChI is InChI=1S/C12H26N3O6P/c1-13(2)22(18,19-3)15-6-4-14(5-7-15)12(17)21-11-10-20-9-8-16/h16H,4-11H2,1-3H3. The average Bonchev–Trinajstić information content (AvgIpc) is 2.53. The molecule has 1 aliphatic rings. The van der Waals surface area contributed by atoms with Gasteiger partial charge in [0.15, 0.2) is 0 Å². The van der Waals surface area contributed by atoms with Crippen LogP contribution in [0.1, 0.15) is 0 Å². The molecule has 1 atom stereocenters. The van der Waals surface area contributed by atoms with Crippen molar-refractivity contribution in [3.8, 4) is 0 Å². The SMILES string of the molecule is COP(=O)(N(C)C)N1CCN(C(=O)OCCOCCO)CC1. The first-order valence-electron chi connectivity index (χ1n) is 7.15. The monoisotopic (exact) mass is 339 g/mol. The number of piperazine rings is 1. The van der Waals surface area contributed by atoms with Gasteiger partial charge in [0, 0.05) is 33.3 Å². The van der Waals surface area contributed by atoms with Crippen LogP contribution in [-0.2, 0) is 18.6 Å². The molecular weight excluding hydrogens is 313 g/mol. The Morgan fingerprint density at radius 2 is 1.82 bits per heavy atom. The fourth-order valence-electron chi connectivity index (χ4n) is 2.11. The summed E-state index contributed by atoms with van der Waals surface area (Å²) in [5, 5.41) is 8.55. The molecule has 9 nitrogen and oxygen atoms in total. The van der Waals surface area contributed by atoms with E-state index in [2.05, 4.69) is 0 Å². The molecule has 1 heterocycles. The second-order valence-corrected chi connectivity index (χ2v) is 7.62. The first-order valence-corrected chi connectivity index (χ1v) is 8.68. The molecule has 1 unspecified atom stereocenters. The first-order chi connectivity index (χ1) is 10.5. The minimum absolute atomic E-state index is 0.0542. The smallest absolute Gasteiger partial charge is 0.409 e. The normalized spacial score (nSPS) is 19.2. The van der Waals surface area contributed by atoms with Gasteiger partial charge in [-0.1, -0.05) is 0 Å². The molecule has 130 valence electrons. The van der Waals surface area contributed by atoms with Crippen molar-refractivity contribution >= 4 is 13.8 Å². The Balaban J connectivity index is 2.35. The van der Waals surface area contributed by atoms with E-state index in [9.17, 15) is 9.36 Å². The van der Waals surface area contributed by atoms with Crippen molar-refractivity contribution < 1.29 is 28.5 Å². The second kappa shape index (κ2) is 9.44. The van der Waals surface area contributed by atoms with Crippen LogP contribution in [0.3, 0.4) is 0 Å². The van der Waals surface area contributed by atoms with Crippen molar-refractivity contribution in [1.82, 2.24) is 14.2 Å². The van der Waals surface area contributed by atoms with Crippen molar-refractivity contribution in [2.24, 2.45) is 0 Å². The fourth-order valence-corrected chi connectivity index (χ4v) is 3.86. The molecule has 1 N–H and O–H groups in total. The number of carbonyl (C=O) groups is 1. The predicted octanol–water partition coefficient (Wildman–Crippen LogP) is 0.0656. The van der Waals surface area contributed by atoms with Crippen LogP contribution in [0.15, 0.2) is 0 Å². The van der Waals surface area contributed by atoms with Gasteiger partial charge >= 0.3 is 13.8 Å². The topological polar surface area (TPSA) is 91.8 Å². The zero-order valence-electron chi connectivity index (χ0n) is 13.4. The highest BCUT2D eigenvalue weighted by Gasteiger charge is 2.36. The summed E-state index contributed by atoms with van der Waals surface area (Å²) >= 11 is 0. The molecule has 0 saturated carbocycles. The molecule has 10 heteroatoms. The zero-order valence-corrected chi connectivity index (χ0v) is 14.3. The van der Waals surface area contributed by atoms with E-state index in [1.807, 2.05) is 0 Å². The van der Waals surface area contributed by atoms with Crippen molar-refractivity contribution in [3.63, 3.8) is 0 Å². The van der Waals surface area contributed by atoms with Gasteiger partial charge in [0.2, 0.25) is 0 Å². The van der Waals surface area contributed by atoms with E-state index >= 15 is 0 Å². The number of aliphatic hydroxyl groups excluding tert-OH is 1. The van der Waals surface area contributed by atoms with E-state index in [0.717, 1.165) is 0 Å². The molecule has 0 spiro atoms. The molecule has 1 amide bonds. The number of amides is 1. The summed E-state index contributed by atoms with van der Waals surface area (Å²) in [4.78, 5) is 13.4. The van der Waals surface area contributed by atoms with Crippen LogP contribution >= 0.6 is 7.67 Å². The summed E-state index contributed by atoms with van der Waals surface area (Å²) in [5.74, 6) is 0. The Hall–Kier alpha value is -0.700. The quantitative estimate of drug-likeness (QED) is 0.490. The Morgan fingerprint density at radius 3 is 2.32 bits per heavy atom. The highest BCUT2D eigenvalue weighted by Crippen LogP contribution is 2.51. The third-order valence-electron chi connectivity index (χ3n) is 3.30. The maximum Gasteiger partial charge on any atom is 0.409 e. The van der Waals surface area contributed by atoms with Gasteiger partial charge < -0.3 is 24.0 Å². The third-order valence-corrected chi connectivity index (χ3v) is 5.91. The number of hydrogen-bond acceptors (Lipinski definition) is 6. The van der Waals surface area contributed by atoms with Crippen LogP contribution < -0.4 is 0 Å². The van der Waals surface area contributed by atoms with Gasteiger partial charge in [-0.15, -0.1) is 0 Å². The van der Waals surface area contributed by atoms with Crippen molar-refractivity contribution in [2.45, 2.75) is 0 Å². The number of hydrogen-bond donors (Lipinski definition) is 1. The van der Waals surface area contributed by atoms with Crippen LogP contribution in [0.5, 0.6) is 0 Å². The van der Waals surface area contributed by atoms with Gasteiger partial charge in [-0.05, 0) is 14.1 Å². The van der Waals surface area contributed by atoms with Crippen LogP contribution in [-0.4, -0.2) is 99.3 Å². The highest BCUT2D eigenvalue weighted by atomic mass is 31.2. The first kappa shape index (κ1) is 19.3. The van der Waals surface area contributed by atoms with Crippen molar-refractivity contribution in [2.75, 3.05) is 73.8 Å². The lowest BCUT2D eigenvalue weighted by molar-refractivity contribution is 0.0372. The number of aliphatic hydroxyl groups is 1. The lowest BCUT2D eigenvalue weighted by Crippen LogP contribution is -2.48. The van der Waals surface area contributed by atoms with Crippen LogP contribution in [0.2, 0.25) is 0 Å². The van der Waals surface area contributed by atoms with E-state index in [0.29, 0.717) is 26.2 Å². The summed E-state index contributed by atoms with van der Waals surface area (Å²) in [5.41, 5.74) is 0. The van der Waals surface area contributed by atoms with Gasteiger partial charge in [0.05, 0.1) is 19.8 Å². The van der Waals surface area contributed by atoms with Gasteiger partial charge in [-0.3, -0.25) is 4.57 Å². The Kier molecular flexibility index (Phi) is 8.30. The van der Waals surface area contributed by atoms with E-state index < -0.39 is 13.8 Å². The molecule has 0 aromatic carbocycles. The summed E-state index contributed by atoms with van der Waals surface area (Å²) < 4.78 is 31.2. The number of rotatable bonds is 8. The molecule has 1 rings (SSSR count). The Labute approximate surface area is 131 Å². The van der Waals surface area contributed by atoms with Crippen LogP contribution in [0.25, 0.3) is 0 Å². The lowest BCUT2D eigenvalue weighted by Gasteiger charge is -2.39. The minimum atomic E-state index is -2.99. The van der Waals surface area contributed by atoms with Gasteiger partial charge in [-0.2, -0.15) is 0 Å². The molecule has 0 radical (unpaired) electrons. The largest absolute Gasteiger partial charge is 0.447 e. The zero-order chi connectivity index (χ0) is 16.6. The molecule has 1 fully saturated rings. The summed E-state index contributed by atoms with van der Waals surface area (Å²) in [6, 6.07) is 0. The van der Waals surface area contributed by atoms with Gasteiger partial charge in [0.1, 0.15) is 6.61 Å². The van der Waals surface area contributed by atoms with Crippen molar-refractivity contribution in [3.05, 3.63) is 0 Å². The minimum Gasteiger partial charge on any atom is -0.447 e. The van der Waals surface area contributed by atoms with E-state index in [-0.39, 0.29) is 26.4 Å². The van der Waals surface area contributed by atoms with Crippen molar-refractivity contribution in [1.29, 1.82) is 0 Å². The molecule has 0 aliphatic carbocycles. The maximum atomic E-state index is 12.6. The number of carbonyl (C=O) groups excluding carboxylic acids is 1. The molecule has 1 saturated heterocycles. The summed E-state index contributed by atoms with van der Waals surface area (Å²) in [6.07, 6.45) is -0.413. The second-order valence-electron chi connectivity index (χ2n) is 4.91. The molecule has 0 aromatic rings. The average molecular weight is 339 g/mol. The lowest BCUT2D eigenvalue weighted by atomic mass is 10.4. The van der Waals surface area contributed by atoms with E-state index in [4.69, 9.17) is 19.1 Å². The Morgan fingerprint density at radius 1 is 1.18 bits per heavy atom. The molecule has 0 bridgehead atoms. The predicted molar refractivity (Wildman–Crippen MR) is 80.7 cm³/mol. The number of nitrogens with zero attached hydrogens (tertiary/aromatic N) is 3. The highest BCUT2D eigenvalue weighted by molar-refractivity contribution is 7.53. The summed E-state index contributed by atoms with van der Waals surface area (Å²) in [7, 11) is 1.84. The Bertz CT molecular complexity index is 387. The number of ether oxygens (including phenoxy) is 2. The van der Waals surface area contributed by atoms with Crippen LogP contribution in [0.4, 0.5) is 4.79 Å². The van der Waals surface area contributed by atoms with Gasteiger partial charge in [-0.25, -0.2) is 14.1 Å².